The first kappa shape index (κ1) is 28.1. The van der Waals surface area contributed by atoms with Gasteiger partial charge in [-0.25, -0.2) is 0 Å². The van der Waals surface area contributed by atoms with Gasteiger partial charge in [0.25, 0.3) is 0 Å². The lowest BCUT2D eigenvalue weighted by atomic mass is 9.44. The summed E-state index contributed by atoms with van der Waals surface area (Å²) < 4.78 is 7.56. The second-order valence-electron chi connectivity index (χ2n) is 14.7. The fourth-order valence-electron chi connectivity index (χ4n) is 11.0. The molecule has 0 radical (unpaired) electrons. The number of Topliss-reactive ketones (excluding diaryl/α,β-unsaturated/α-hetero) is 1. The normalized spacial score (nSPS) is 36.0. The van der Waals surface area contributed by atoms with E-state index in [2.05, 4.69) is 105 Å². The Bertz CT molecular complexity index is 1290. The average Bonchev–Trinajstić information content (AvgIpc) is 3.39. The van der Waals surface area contributed by atoms with Gasteiger partial charge >= 0.3 is 0 Å². The number of carbonyl (C=O) groups excluding carboxylic acids is 1. The number of hydrogen-bond acceptors (Lipinski definition) is 2. The number of hydrogen-bond donors (Lipinski definition) is 0. The minimum atomic E-state index is -0.641. The molecule has 42 heavy (non-hydrogen) atoms. The zero-order valence-corrected chi connectivity index (χ0v) is 25.8. The summed E-state index contributed by atoms with van der Waals surface area (Å²) in [6.45, 7) is 6.97. The Balaban J connectivity index is 1.19. The maximum atomic E-state index is 12.6. The Morgan fingerprint density at radius 2 is 1.19 bits per heavy atom. The van der Waals surface area contributed by atoms with Crippen LogP contribution >= 0.6 is 0 Å². The van der Waals surface area contributed by atoms with Gasteiger partial charge in [-0.3, -0.25) is 4.79 Å². The van der Waals surface area contributed by atoms with E-state index in [1.54, 1.807) is 0 Å². The van der Waals surface area contributed by atoms with Crippen LogP contribution in [0.3, 0.4) is 0 Å². The van der Waals surface area contributed by atoms with Crippen molar-refractivity contribution in [3.63, 3.8) is 0 Å². The molecule has 3 aromatic rings. The first-order valence-electron chi connectivity index (χ1n) is 16.7. The molecule has 3 aromatic carbocycles. The molecule has 2 nitrogen and oxygen atoms in total. The van der Waals surface area contributed by atoms with E-state index in [-0.39, 0.29) is 11.5 Å². The standard InChI is InChI=1S/C40H48O2/c1-28(41)35-21-22-36-34-20-19-32-27-33(23-25-38(32,2)37(34)24-26-39(35,36)3)42-40(29-13-7-4-8-14-29,30-15-9-5-10-16-30)31-17-11-6-12-18-31/h4-18,32-37H,19-27H2,1-3H3/t32-,33-,34+,35-,36+,37+,38+,39-/m1/s1. The molecule has 0 bridgehead atoms. The molecular formula is C40H48O2. The second kappa shape index (κ2) is 10.8. The molecule has 8 atom stereocenters. The van der Waals surface area contributed by atoms with Gasteiger partial charge < -0.3 is 4.74 Å². The molecule has 4 fully saturated rings. The maximum absolute atomic E-state index is 12.6. The highest BCUT2D eigenvalue weighted by molar-refractivity contribution is 5.79. The van der Waals surface area contributed by atoms with Crippen molar-refractivity contribution in [3.8, 4) is 0 Å². The third-order valence-electron chi connectivity index (χ3n) is 13.0. The van der Waals surface area contributed by atoms with E-state index in [0.29, 0.717) is 23.0 Å². The van der Waals surface area contributed by atoms with Crippen molar-refractivity contribution < 1.29 is 9.53 Å². The van der Waals surface area contributed by atoms with Crippen LogP contribution in [-0.2, 0) is 15.1 Å². The molecule has 0 heterocycles. The lowest BCUT2D eigenvalue weighted by Gasteiger charge is -2.61. The van der Waals surface area contributed by atoms with Gasteiger partial charge in [-0.15, -0.1) is 0 Å². The van der Waals surface area contributed by atoms with E-state index >= 15 is 0 Å². The fourth-order valence-corrected chi connectivity index (χ4v) is 11.0. The molecule has 0 spiro atoms. The number of ether oxygens (including phenoxy) is 1. The van der Waals surface area contributed by atoms with Gasteiger partial charge in [0.15, 0.2) is 0 Å². The Morgan fingerprint density at radius 1 is 0.667 bits per heavy atom. The van der Waals surface area contributed by atoms with Gasteiger partial charge in [0.2, 0.25) is 0 Å². The monoisotopic (exact) mass is 560 g/mol. The van der Waals surface area contributed by atoms with Crippen molar-refractivity contribution in [2.24, 2.45) is 40.4 Å². The molecule has 0 unspecified atom stereocenters. The van der Waals surface area contributed by atoms with Crippen molar-refractivity contribution >= 4 is 5.78 Å². The molecule has 0 amide bonds. The van der Waals surface area contributed by atoms with Crippen LogP contribution in [0.15, 0.2) is 91.0 Å². The van der Waals surface area contributed by atoms with Crippen LogP contribution in [0.4, 0.5) is 0 Å². The van der Waals surface area contributed by atoms with Crippen LogP contribution in [0.2, 0.25) is 0 Å². The van der Waals surface area contributed by atoms with E-state index in [1.807, 2.05) is 6.92 Å². The molecule has 7 rings (SSSR count). The fraction of sp³-hybridized carbons (Fsp3) is 0.525. The first-order chi connectivity index (χ1) is 20.4. The molecule has 0 aromatic heterocycles. The number of benzene rings is 3. The van der Waals surface area contributed by atoms with Gasteiger partial charge in [0, 0.05) is 5.92 Å². The molecule has 0 N–H and O–H groups in total. The molecular weight excluding hydrogens is 512 g/mol. The highest BCUT2D eigenvalue weighted by Gasteiger charge is 2.61. The van der Waals surface area contributed by atoms with Crippen LogP contribution in [0.25, 0.3) is 0 Å². The predicted molar refractivity (Wildman–Crippen MR) is 170 cm³/mol. The highest BCUT2D eigenvalue weighted by atomic mass is 16.5. The molecule has 4 aliphatic carbocycles. The first-order valence-corrected chi connectivity index (χ1v) is 16.7. The zero-order valence-electron chi connectivity index (χ0n) is 25.8. The molecule has 0 saturated heterocycles. The summed E-state index contributed by atoms with van der Waals surface area (Å²) in [5, 5.41) is 0. The zero-order chi connectivity index (χ0) is 29.0. The molecule has 2 heteroatoms. The van der Waals surface area contributed by atoms with E-state index in [0.717, 1.165) is 37.0 Å². The van der Waals surface area contributed by atoms with E-state index in [1.165, 1.54) is 55.2 Å². The Labute approximate surface area is 253 Å². The smallest absolute Gasteiger partial charge is 0.144 e. The maximum Gasteiger partial charge on any atom is 0.144 e. The summed E-state index contributed by atoms with van der Waals surface area (Å²) in [7, 11) is 0. The minimum absolute atomic E-state index is 0.211. The third-order valence-corrected chi connectivity index (χ3v) is 13.0. The minimum Gasteiger partial charge on any atom is -0.358 e. The van der Waals surface area contributed by atoms with E-state index < -0.39 is 5.60 Å². The van der Waals surface area contributed by atoms with Crippen LogP contribution in [-0.4, -0.2) is 11.9 Å². The van der Waals surface area contributed by atoms with Gasteiger partial charge in [0.05, 0.1) is 6.10 Å². The SMILES string of the molecule is CC(=O)[C@H]1CC[C@H]2[C@@H]3CC[C@@H]4C[C@H](OC(c5ccccc5)(c5ccccc5)c5ccccc5)CC[C@]4(C)[C@H]3CC[C@]12C. The highest BCUT2D eigenvalue weighted by Crippen LogP contribution is 2.67. The van der Waals surface area contributed by atoms with Gasteiger partial charge in [-0.05, 0) is 116 Å². The van der Waals surface area contributed by atoms with Gasteiger partial charge in [-0.2, -0.15) is 0 Å². The quantitative estimate of drug-likeness (QED) is 0.281. The molecule has 4 saturated carbocycles. The Morgan fingerprint density at radius 3 is 1.74 bits per heavy atom. The number of carbonyl (C=O) groups is 1. The second-order valence-corrected chi connectivity index (χ2v) is 14.7. The number of fused-ring (bicyclic) bond motifs is 5. The summed E-state index contributed by atoms with van der Waals surface area (Å²) >= 11 is 0. The van der Waals surface area contributed by atoms with E-state index in [9.17, 15) is 4.79 Å². The van der Waals surface area contributed by atoms with Crippen LogP contribution in [0.1, 0.15) is 95.2 Å². The third kappa shape index (κ3) is 4.35. The van der Waals surface area contributed by atoms with Crippen molar-refractivity contribution in [2.45, 2.75) is 90.3 Å². The molecule has 4 aliphatic rings. The van der Waals surface area contributed by atoms with Gasteiger partial charge in [-0.1, -0.05) is 105 Å². The predicted octanol–water partition coefficient (Wildman–Crippen LogP) is 9.61. The summed E-state index contributed by atoms with van der Waals surface area (Å²) in [5.74, 6) is 3.76. The summed E-state index contributed by atoms with van der Waals surface area (Å²) in [5.41, 5.74) is 3.58. The molecule has 0 aliphatic heterocycles. The van der Waals surface area contributed by atoms with E-state index in [4.69, 9.17) is 4.74 Å². The number of rotatable bonds is 6. The van der Waals surface area contributed by atoms with Crippen molar-refractivity contribution in [1.82, 2.24) is 0 Å². The van der Waals surface area contributed by atoms with Crippen LogP contribution in [0.5, 0.6) is 0 Å². The molecule has 220 valence electrons. The summed E-state index contributed by atoms with van der Waals surface area (Å²) in [6, 6.07) is 32.7. The Hall–Kier alpha value is -2.71. The summed E-state index contributed by atoms with van der Waals surface area (Å²) in [4.78, 5) is 12.6. The Kier molecular flexibility index (Phi) is 7.21. The summed E-state index contributed by atoms with van der Waals surface area (Å²) in [6.07, 6.45) is 11.3. The van der Waals surface area contributed by atoms with Crippen molar-refractivity contribution in [1.29, 1.82) is 0 Å². The lowest BCUT2D eigenvalue weighted by Crippen LogP contribution is -2.54. The number of ketones is 1. The average molecular weight is 561 g/mol. The van der Waals surface area contributed by atoms with Crippen molar-refractivity contribution in [2.75, 3.05) is 0 Å². The van der Waals surface area contributed by atoms with Crippen LogP contribution < -0.4 is 0 Å². The van der Waals surface area contributed by atoms with Crippen LogP contribution in [0, 0.1) is 40.4 Å². The topological polar surface area (TPSA) is 26.3 Å². The van der Waals surface area contributed by atoms with Crippen molar-refractivity contribution in [3.05, 3.63) is 108 Å². The van der Waals surface area contributed by atoms with Gasteiger partial charge in [0.1, 0.15) is 11.4 Å². The largest absolute Gasteiger partial charge is 0.358 e. The lowest BCUT2D eigenvalue weighted by molar-refractivity contribution is -0.153.